The first-order valence-corrected chi connectivity index (χ1v) is 11.4. The molecular formula is C24H38O5. The molecule has 0 radical (unpaired) electrons. The number of rotatable bonds is 3. The van der Waals surface area contributed by atoms with Crippen molar-refractivity contribution in [1.29, 1.82) is 0 Å². The van der Waals surface area contributed by atoms with Gasteiger partial charge in [0.2, 0.25) is 0 Å². The molecule has 4 aliphatic rings. The summed E-state index contributed by atoms with van der Waals surface area (Å²) < 4.78 is 11.3. The number of aliphatic hydroxyl groups is 1. The number of fused-ring (bicyclic) bond motifs is 2. The van der Waals surface area contributed by atoms with Gasteiger partial charge in [0.05, 0.1) is 12.7 Å². The fourth-order valence-electron chi connectivity index (χ4n) is 8.71. The molecule has 0 amide bonds. The van der Waals surface area contributed by atoms with Gasteiger partial charge in [-0.1, -0.05) is 27.2 Å². The highest BCUT2D eigenvalue weighted by Gasteiger charge is 2.72. The molecule has 0 aromatic carbocycles. The van der Waals surface area contributed by atoms with E-state index in [4.69, 9.17) is 9.47 Å². The molecule has 29 heavy (non-hydrogen) atoms. The van der Waals surface area contributed by atoms with Crippen molar-refractivity contribution in [2.75, 3.05) is 6.61 Å². The first kappa shape index (κ1) is 21.1. The van der Waals surface area contributed by atoms with E-state index in [1.54, 1.807) is 0 Å². The molecule has 2 unspecified atom stereocenters. The van der Waals surface area contributed by atoms with Crippen LogP contribution in [-0.2, 0) is 19.1 Å². The normalized spacial score (nSPS) is 51.0. The second kappa shape index (κ2) is 6.70. The Bertz CT molecular complexity index is 705. The molecule has 0 aromatic heterocycles. The molecule has 1 N–H and O–H groups in total. The molecule has 2 bridgehead atoms. The summed E-state index contributed by atoms with van der Waals surface area (Å²) in [5.74, 6) is 0.0830. The Labute approximate surface area is 174 Å². The Morgan fingerprint density at radius 1 is 1.00 bits per heavy atom. The van der Waals surface area contributed by atoms with Crippen LogP contribution in [0.1, 0.15) is 86.0 Å². The van der Waals surface area contributed by atoms with Gasteiger partial charge in [0.25, 0.3) is 0 Å². The molecule has 4 fully saturated rings. The van der Waals surface area contributed by atoms with Gasteiger partial charge >= 0.3 is 11.9 Å². The number of carbonyl (C=O) groups is 2. The highest BCUT2D eigenvalue weighted by molar-refractivity contribution is 5.66. The summed E-state index contributed by atoms with van der Waals surface area (Å²) in [6, 6.07) is 0. The summed E-state index contributed by atoms with van der Waals surface area (Å²) in [5, 5.41) is 11.4. The Kier molecular flexibility index (Phi) is 4.88. The summed E-state index contributed by atoms with van der Waals surface area (Å²) in [4.78, 5) is 23.3. The SMILES string of the molecule is CC(=O)OC[C@]1(C)CCC[C@]2(C)C1[C@@H](O)C[C@@H]1C[C@@H](OC(C)=O)[C@]3(C)CCC12C3. The zero-order valence-electron chi connectivity index (χ0n) is 18.8. The van der Waals surface area contributed by atoms with E-state index < -0.39 is 6.10 Å². The van der Waals surface area contributed by atoms with Crippen molar-refractivity contribution in [2.24, 2.45) is 33.5 Å². The summed E-state index contributed by atoms with van der Waals surface area (Å²) in [6.45, 7) is 10.3. The Morgan fingerprint density at radius 3 is 2.38 bits per heavy atom. The maximum atomic E-state index is 11.7. The van der Waals surface area contributed by atoms with Crippen LogP contribution >= 0.6 is 0 Å². The van der Waals surface area contributed by atoms with E-state index in [2.05, 4.69) is 20.8 Å². The summed E-state index contributed by atoms with van der Waals surface area (Å²) in [7, 11) is 0. The van der Waals surface area contributed by atoms with Crippen LogP contribution in [0.25, 0.3) is 0 Å². The molecule has 0 aliphatic heterocycles. The van der Waals surface area contributed by atoms with Crippen molar-refractivity contribution >= 4 is 11.9 Å². The topological polar surface area (TPSA) is 72.8 Å². The fraction of sp³-hybridized carbons (Fsp3) is 0.917. The minimum atomic E-state index is -0.403. The average Bonchev–Trinajstić information content (AvgIpc) is 2.93. The van der Waals surface area contributed by atoms with E-state index in [9.17, 15) is 14.7 Å². The van der Waals surface area contributed by atoms with Crippen LogP contribution in [0.4, 0.5) is 0 Å². The molecule has 0 heterocycles. The van der Waals surface area contributed by atoms with Gasteiger partial charge < -0.3 is 14.6 Å². The lowest BCUT2D eigenvalue weighted by atomic mass is 9.37. The third-order valence-electron chi connectivity index (χ3n) is 9.76. The first-order chi connectivity index (χ1) is 13.5. The summed E-state index contributed by atoms with van der Waals surface area (Å²) >= 11 is 0. The van der Waals surface area contributed by atoms with Crippen LogP contribution in [0.3, 0.4) is 0 Å². The average molecular weight is 407 g/mol. The van der Waals surface area contributed by atoms with Gasteiger partial charge in [0.1, 0.15) is 6.10 Å². The van der Waals surface area contributed by atoms with Crippen molar-refractivity contribution in [3.8, 4) is 0 Å². The minimum Gasteiger partial charge on any atom is -0.465 e. The van der Waals surface area contributed by atoms with Gasteiger partial charge in [0, 0.05) is 24.7 Å². The van der Waals surface area contributed by atoms with Crippen LogP contribution in [-0.4, -0.2) is 35.9 Å². The highest BCUT2D eigenvalue weighted by Crippen LogP contribution is 2.76. The third kappa shape index (κ3) is 2.97. The third-order valence-corrected chi connectivity index (χ3v) is 9.76. The molecule has 5 heteroatoms. The van der Waals surface area contributed by atoms with Gasteiger partial charge in [-0.15, -0.1) is 0 Å². The van der Waals surface area contributed by atoms with E-state index in [0.717, 1.165) is 51.4 Å². The molecule has 4 aliphatic carbocycles. The second-order valence-corrected chi connectivity index (χ2v) is 11.5. The first-order valence-electron chi connectivity index (χ1n) is 11.4. The van der Waals surface area contributed by atoms with Crippen LogP contribution in [0.5, 0.6) is 0 Å². The van der Waals surface area contributed by atoms with Crippen LogP contribution in [0, 0.1) is 33.5 Å². The Balaban J connectivity index is 1.71. The molecule has 4 saturated carbocycles. The number of hydrogen-bond acceptors (Lipinski definition) is 5. The minimum absolute atomic E-state index is 0.0153. The number of aliphatic hydroxyl groups excluding tert-OH is 1. The number of carbonyl (C=O) groups excluding carboxylic acids is 2. The van der Waals surface area contributed by atoms with Gasteiger partial charge in [-0.2, -0.15) is 0 Å². The van der Waals surface area contributed by atoms with E-state index in [0.29, 0.717) is 12.5 Å². The second-order valence-electron chi connectivity index (χ2n) is 11.5. The van der Waals surface area contributed by atoms with Crippen molar-refractivity contribution in [3.05, 3.63) is 0 Å². The fourth-order valence-corrected chi connectivity index (χ4v) is 8.71. The maximum Gasteiger partial charge on any atom is 0.302 e. The quantitative estimate of drug-likeness (QED) is 0.709. The molecule has 5 nitrogen and oxygen atoms in total. The van der Waals surface area contributed by atoms with Gasteiger partial charge in [0.15, 0.2) is 0 Å². The van der Waals surface area contributed by atoms with Crippen molar-refractivity contribution in [2.45, 2.75) is 98.2 Å². The largest absolute Gasteiger partial charge is 0.465 e. The molecule has 164 valence electrons. The standard InChI is InChI=1S/C24H38O5/c1-15(25)28-14-22(4)7-6-8-23(5)20(22)18(27)11-17-12-19(29-16(2)26)21(3)9-10-24(17,23)13-21/h17-20,27H,6-14H2,1-5H3/t17-,18+,19-,20?,21-,22+,23-,24?/m1/s1. The summed E-state index contributed by atoms with van der Waals surface area (Å²) in [6.07, 6.45) is 7.72. The van der Waals surface area contributed by atoms with E-state index >= 15 is 0 Å². The number of hydrogen-bond donors (Lipinski definition) is 1. The Hall–Kier alpha value is -1.10. The zero-order chi connectivity index (χ0) is 21.2. The molecule has 1 spiro atoms. The van der Waals surface area contributed by atoms with Crippen LogP contribution < -0.4 is 0 Å². The lowest BCUT2D eigenvalue weighted by Gasteiger charge is -2.68. The maximum absolute atomic E-state index is 11.7. The van der Waals surface area contributed by atoms with Gasteiger partial charge in [-0.3, -0.25) is 9.59 Å². The predicted molar refractivity (Wildman–Crippen MR) is 109 cm³/mol. The number of ether oxygens (including phenoxy) is 2. The molecular weight excluding hydrogens is 368 g/mol. The monoisotopic (exact) mass is 406 g/mol. The molecule has 8 atom stereocenters. The van der Waals surface area contributed by atoms with Crippen molar-refractivity contribution in [3.63, 3.8) is 0 Å². The van der Waals surface area contributed by atoms with Crippen LogP contribution in [0.15, 0.2) is 0 Å². The lowest BCUT2D eigenvalue weighted by molar-refractivity contribution is -0.239. The number of esters is 2. The highest BCUT2D eigenvalue weighted by atomic mass is 16.5. The van der Waals surface area contributed by atoms with Gasteiger partial charge in [-0.25, -0.2) is 0 Å². The van der Waals surface area contributed by atoms with Crippen molar-refractivity contribution < 1.29 is 24.2 Å². The zero-order valence-corrected chi connectivity index (χ0v) is 18.8. The van der Waals surface area contributed by atoms with Gasteiger partial charge in [-0.05, 0) is 67.6 Å². The molecule has 0 aromatic rings. The van der Waals surface area contributed by atoms with Crippen molar-refractivity contribution in [1.82, 2.24) is 0 Å². The van der Waals surface area contributed by atoms with E-state index in [-0.39, 0.29) is 45.6 Å². The molecule has 4 rings (SSSR count). The Morgan fingerprint density at radius 2 is 1.72 bits per heavy atom. The lowest BCUT2D eigenvalue weighted by Crippen LogP contribution is -2.65. The van der Waals surface area contributed by atoms with E-state index in [1.807, 2.05) is 0 Å². The van der Waals surface area contributed by atoms with Crippen LogP contribution in [0.2, 0.25) is 0 Å². The van der Waals surface area contributed by atoms with E-state index in [1.165, 1.54) is 13.8 Å². The smallest absolute Gasteiger partial charge is 0.302 e. The predicted octanol–water partition coefficient (Wildman–Crippen LogP) is 4.26. The summed E-state index contributed by atoms with van der Waals surface area (Å²) in [5.41, 5.74) is 0.0346. The molecule has 0 saturated heterocycles.